The van der Waals surface area contributed by atoms with E-state index in [1.807, 2.05) is 0 Å². The van der Waals surface area contributed by atoms with Gasteiger partial charge in [-0.15, -0.1) is 0 Å². The number of nitrogens with zero attached hydrogens (tertiary/aromatic N) is 3. The topological polar surface area (TPSA) is 29.1 Å². The van der Waals surface area contributed by atoms with Gasteiger partial charge in [-0.3, -0.25) is 4.90 Å². The number of imidazole rings is 1. The number of aryl methyl sites for hydroxylation is 1. The van der Waals surface area contributed by atoms with Gasteiger partial charge in [0.1, 0.15) is 12.4 Å². The molecular formula is C8H10F2IN3O. The minimum atomic E-state index is -2.70. The van der Waals surface area contributed by atoms with E-state index >= 15 is 0 Å². The number of hydrogen-bond donors (Lipinski definition) is 0. The molecule has 0 aromatic carbocycles. The van der Waals surface area contributed by atoms with Crippen LogP contribution in [0.4, 0.5) is 13.6 Å². The molecular weight excluding hydrogens is 319 g/mol. The van der Waals surface area contributed by atoms with E-state index in [0.29, 0.717) is 0 Å². The van der Waals surface area contributed by atoms with Crippen molar-refractivity contribution in [3.63, 3.8) is 0 Å². The van der Waals surface area contributed by atoms with Gasteiger partial charge in [0.05, 0.1) is 20.1 Å². The molecule has 0 bridgehead atoms. The number of carbonyl (C=O) groups is 1. The fraction of sp³-hybridized carbons (Fsp3) is 0.500. The van der Waals surface area contributed by atoms with E-state index in [4.69, 9.17) is 0 Å². The van der Waals surface area contributed by atoms with E-state index in [0.717, 1.165) is 4.90 Å². The lowest BCUT2D eigenvalue weighted by Gasteiger charge is -2.36. The second-order valence-corrected chi connectivity index (χ2v) is 3.48. The van der Waals surface area contributed by atoms with Crippen molar-refractivity contribution in [2.75, 3.05) is 13.1 Å². The van der Waals surface area contributed by atoms with E-state index in [9.17, 15) is 13.6 Å². The number of carbonyl (C=O) groups excluding carboxylic acids is 1. The number of rotatable bonds is 0. The number of likely N-dealkylation sites (tertiary alicyclic amines) is 1. The highest BCUT2D eigenvalue weighted by Gasteiger charge is 2.48. The number of aromatic nitrogens is 2. The predicted octanol–water partition coefficient (Wildman–Crippen LogP) is -2.76. The molecule has 0 atom stereocenters. The van der Waals surface area contributed by atoms with Gasteiger partial charge in [0.15, 0.2) is 0 Å². The van der Waals surface area contributed by atoms with Gasteiger partial charge < -0.3 is 24.0 Å². The normalized spacial score (nSPS) is 17.9. The Bertz CT molecular complexity index is 372. The maximum atomic E-state index is 12.5. The summed E-state index contributed by atoms with van der Waals surface area (Å²) in [6.45, 7) is -0.957. The van der Waals surface area contributed by atoms with E-state index in [-0.39, 0.29) is 24.0 Å². The first-order valence-electron chi connectivity index (χ1n) is 4.18. The molecule has 1 aromatic rings. The number of halogens is 3. The molecule has 0 saturated carbocycles. The number of hydrogen-bond acceptors (Lipinski definition) is 1. The Labute approximate surface area is 102 Å². The van der Waals surface area contributed by atoms with Crippen molar-refractivity contribution >= 4 is 6.03 Å². The van der Waals surface area contributed by atoms with Crippen LogP contribution >= 0.6 is 0 Å². The summed E-state index contributed by atoms with van der Waals surface area (Å²) in [5.74, 6) is -2.70. The molecule has 2 heterocycles. The van der Waals surface area contributed by atoms with E-state index in [2.05, 4.69) is 0 Å². The Morgan fingerprint density at radius 1 is 1.47 bits per heavy atom. The van der Waals surface area contributed by atoms with E-state index in [1.165, 1.54) is 4.57 Å². The zero-order chi connectivity index (χ0) is 10.3. The molecule has 0 spiro atoms. The van der Waals surface area contributed by atoms with Crippen molar-refractivity contribution in [1.82, 2.24) is 9.47 Å². The van der Waals surface area contributed by atoms with Gasteiger partial charge in [-0.1, -0.05) is 0 Å². The van der Waals surface area contributed by atoms with Crippen molar-refractivity contribution in [3.05, 3.63) is 18.7 Å². The van der Waals surface area contributed by atoms with Crippen LogP contribution in [0.3, 0.4) is 0 Å². The summed E-state index contributed by atoms with van der Waals surface area (Å²) in [5.41, 5.74) is 0. The number of amides is 1. The Hall–Kier alpha value is -0.730. The van der Waals surface area contributed by atoms with Gasteiger partial charge in [0.2, 0.25) is 0 Å². The molecule has 15 heavy (non-hydrogen) atoms. The molecule has 4 nitrogen and oxygen atoms in total. The molecule has 1 saturated heterocycles. The lowest BCUT2D eigenvalue weighted by Crippen LogP contribution is -3.00. The fourth-order valence-corrected chi connectivity index (χ4v) is 1.37. The third-order valence-electron chi connectivity index (χ3n) is 2.10. The average Bonchev–Trinajstić information content (AvgIpc) is 2.46. The van der Waals surface area contributed by atoms with Crippen molar-refractivity contribution in [3.8, 4) is 0 Å². The molecule has 84 valence electrons. The quantitative estimate of drug-likeness (QED) is 0.375. The lowest BCUT2D eigenvalue weighted by molar-refractivity contribution is -0.670. The Morgan fingerprint density at radius 3 is 2.47 bits per heavy atom. The molecule has 0 N–H and O–H groups in total. The van der Waals surface area contributed by atoms with Crippen molar-refractivity contribution in [1.29, 1.82) is 0 Å². The summed E-state index contributed by atoms with van der Waals surface area (Å²) in [7, 11) is 1.76. The first-order valence-corrected chi connectivity index (χ1v) is 4.18. The third kappa shape index (κ3) is 2.44. The Kier molecular flexibility index (Phi) is 3.31. The van der Waals surface area contributed by atoms with Gasteiger partial charge in [-0.25, -0.2) is 18.1 Å². The Balaban J connectivity index is 0.00000112. The summed E-state index contributed by atoms with van der Waals surface area (Å²) in [4.78, 5) is 12.6. The molecule has 0 radical (unpaired) electrons. The van der Waals surface area contributed by atoms with Gasteiger partial charge in [0, 0.05) is 0 Å². The van der Waals surface area contributed by atoms with Crippen molar-refractivity contribution in [2.24, 2.45) is 7.05 Å². The zero-order valence-electron chi connectivity index (χ0n) is 8.03. The molecule has 0 unspecified atom stereocenters. The first-order chi connectivity index (χ1) is 6.48. The van der Waals surface area contributed by atoms with Crippen LogP contribution in [0.25, 0.3) is 0 Å². The van der Waals surface area contributed by atoms with Crippen LogP contribution in [0.15, 0.2) is 18.7 Å². The maximum Gasteiger partial charge on any atom is 0.416 e. The average molecular weight is 329 g/mol. The van der Waals surface area contributed by atoms with Gasteiger partial charge >= 0.3 is 6.03 Å². The highest BCUT2D eigenvalue weighted by molar-refractivity contribution is 5.77. The SMILES string of the molecule is C[n+]1ccn(C(=O)N2CC(F)(F)C2)c1.[I-]. The number of alkyl halides is 2. The Morgan fingerprint density at radius 2 is 2.07 bits per heavy atom. The minimum Gasteiger partial charge on any atom is -1.00 e. The molecule has 1 amide bonds. The molecule has 0 aliphatic carbocycles. The van der Waals surface area contributed by atoms with Gasteiger partial charge in [-0.05, 0) is 0 Å². The minimum absolute atomic E-state index is 0. The molecule has 1 aliphatic rings. The van der Waals surface area contributed by atoms with Gasteiger partial charge in [0.25, 0.3) is 12.2 Å². The third-order valence-corrected chi connectivity index (χ3v) is 2.10. The van der Waals surface area contributed by atoms with Gasteiger partial charge in [-0.2, -0.15) is 4.57 Å². The predicted molar refractivity (Wildman–Crippen MR) is 42.9 cm³/mol. The largest absolute Gasteiger partial charge is 1.00 e. The summed E-state index contributed by atoms with van der Waals surface area (Å²) in [6.07, 6.45) is 4.76. The molecule has 2 rings (SSSR count). The summed E-state index contributed by atoms with van der Waals surface area (Å²) >= 11 is 0. The second kappa shape index (κ2) is 4.03. The van der Waals surface area contributed by atoms with Crippen molar-refractivity contribution in [2.45, 2.75) is 5.92 Å². The lowest BCUT2D eigenvalue weighted by atomic mass is 10.2. The smallest absolute Gasteiger partial charge is 0.416 e. The fourth-order valence-electron chi connectivity index (χ4n) is 1.37. The van der Waals surface area contributed by atoms with Crippen LogP contribution in [0.1, 0.15) is 0 Å². The monoisotopic (exact) mass is 329 g/mol. The van der Waals surface area contributed by atoms with Crippen molar-refractivity contribution < 1.29 is 42.1 Å². The second-order valence-electron chi connectivity index (χ2n) is 3.48. The zero-order valence-corrected chi connectivity index (χ0v) is 10.2. The first kappa shape index (κ1) is 12.3. The highest BCUT2D eigenvalue weighted by Crippen LogP contribution is 2.26. The van der Waals surface area contributed by atoms with Crippen LogP contribution in [0, 0.1) is 0 Å². The van der Waals surface area contributed by atoms with Crippen LogP contribution < -0.4 is 28.5 Å². The summed E-state index contributed by atoms with van der Waals surface area (Å²) in [6, 6.07) is -0.406. The standard InChI is InChI=1S/C8H10F2N3O.HI/c1-11-2-3-12(6-11)7(14)13-4-8(9,10)5-13;/h2-3,6H,4-5H2,1H3;1H/q+1;/p-1. The van der Waals surface area contributed by atoms with Crippen LogP contribution in [-0.4, -0.2) is 34.5 Å². The molecule has 1 aromatic heterocycles. The van der Waals surface area contributed by atoms with Crippen LogP contribution in [0.2, 0.25) is 0 Å². The maximum absolute atomic E-state index is 12.5. The summed E-state index contributed by atoms with van der Waals surface area (Å²) in [5, 5.41) is 0. The summed E-state index contributed by atoms with van der Waals surface area (Å²) < 4.78 is 27.9. The molecule has 7 heteroatoms. The van der Waals surface area contributed by atoms with Crippen LogP contribution in [0.5, 0.6) is 0 Å². The molecule has 1 aliphatic heterocycles. The van der Waals surface area contributed by atoms with Crippen LogP contribution in [-0.2, 0) is 7.05 Å². The molecule has 1 fully saturated rings. The van der Waals surface area contributed by atoms with E-state index < -0.39 is 25.0 Å². The highest BCUT2D eigenvalue weighted by atomic mass is 127. The van der Waals surface area contributed by atoms with E-state index in [1.54, 1.807) is 30.3 Å².